The van der Waals surface area contributed by atoms with Gasteiger partial charge in [0.15, 0.2) is 0 Å². The van der Waals surface area contributed by atoms with Gasteiger partial charge in [0.25, 0.3) is 0 Å². The van der Waals surface area contributed by atoms with Crippen LogP contribution in [0.3, 0.4) is 0 Å². The molecule has 0 atom stereocenters. The summed E-state index contributed by atoms with van der Waals surface area (Å²) < 4.78 is 5.24. The first kappa shape index (κ1) is 13.6. The predicted octanol–water partition coefficient (Wildman–Crippen LogP) is 2.35. The number of hydrogen-bond donors (Lipinski definition) is 0. The van der Waals surface area contributed by atoms with E-state index in [1.165, 1.54) is 0 Å². The summed E-state index contributed by atoms with van der Waals surface area (Å²) >= 11 is 0. The molecule has 1 aromatic carbocycles. The maximum Gasteiger partial charge on any atom is 0.226 e. The highest BCUT2D eigenvalue weighted by Gasteiger charge is 2.13. The Morgan fingerprint density at radius 1 is 1.35 bits per heavy atom. The second-order valence-electron chi connectivity index (χ2n) is 4.66. The molecule has 0 aliphatic heterocycles. The molecule has 0 saturated carbocycles. The zero-order chi connectivity index (χ0) is 12.8. The van der Waals surface area contributed by atoms with Crippen molar-refractivity contribution < 1.29 is 9.53 Å². The Morgan fingerprint density at radius 3 is 2.59 bits per heavy atom. The lowest BCUT2D eigenvalue weighted by molar-refractivity contribution is -0.129. The molecule has 0 aliphatic carbocycles. The number of likely N-dealkylation sites (N-methyl/N-ethyl adjacent to an activating group) is 1. The lowest BCUT2D eigenvalue weighted by Crippen LogP contribution is -2.31. The minimum atomic E-state index is 0.128. The highest BCUT2D eigenvalue weighted by atomic mass is 16.5. The molecule has 0 N–H and O–H groups in total. The fourth-order valence-electron chi connectivity index (χ4n) is 1.80. The van der Waals surface area contributed by atoms with Crippen LogP contribution in [0.15, 0.2) is 24.3 Å². The highest BCUT2D eigenvalue weighted by Crippen LogP contribution is 2.18. The summed E-state index contributed by atoms with van der Waals surface area (Å²) in [5, 5.41) is 0. The van der Waals surface area contributed by atoms with Crippen LogP contribution >= 0.6 is 0 Å². The van der Waals surface area contributed by atoms with Crippen LogP contribution in [-0.2, 0) is 11.2 Å². The SMILES string of the molecule is COc1ccccc1CC(=O)N(C)CC(C)C. The van der Waals surface area contributed by atoms with E-state index in [0.717, 1.165) is 17.9 Å². The number of nitrogens with zero attached hydrogens (tertiary/aromatic N) is 1. The van der Waals surface area contributed by atoms with Gasteiger partial charge in [-0.3, -0.25) is 4.79 Å². The second-order valence-corrected chi connectivity index (χ2v) is 4.66. The molecule has 1 aromatic rings. The molecule has 0 heterocycles. The number of carbonyl (C=O) groups is 1. The number of methoxy groups -OCH3 is 1. The van der Waals surface area contributed by atoms with Crippen molar-refractivity contribution in [2.75, 3.05) is 20.7 Å². The first-order chi connectivity index (χ1) is 8.04. The van der Waals surface area contributed by atoms with Crippen molar-refractivity contribution in [3.05, 3.63) is 29.8 Å². The minimum absolute atomic E-state index is 0.128. The Balaban J connectivity index is 2.67. The summed E-state index contributed by atoms with van der Waals surface area (Å²) in [6.07, 6.45) is 0.396. The van der Waals surface area contributed by atoms with Gasteiger partial charge in [-0.2, -0.15) is 0 Å². The molecule has 17 heavy (non-hydrogen) atoms. The Morgan fingerprint density at radius 2 is 2.00 bits per heavy atom. The third-order valence-corrected chi connectivity index (χ3v) is 2.60. The molecule has 3 nitrogen and oxygen atoms in total. The predicted molar refractivity (Wildman–Crippen MR) is 69.2 cm³/mol. The van der Waals surface area contributed by atoms with Gasteiger partial charge < -0.3 is 9.64 Å². The first-order valence-electron chi connectivity index (χ1n) is 5.90. The average Bonchev–Trinajstić information content (AvgIpc) is 2.28. The van der Waals surface area contributed by atoms with Crippen LogP contribution in [0.1, 0.15) is 19.4 Å². The largest absolute Gasteiger partial charge is 0.496 e. The van der Waals surface area contributed by atoms with Crippen molar-refractivity contribution in [3.8, 4) is 5.75 Å². The van der Waals surface area contributed by atoms with E-state index >= 15 is 0 Å². The van der Waals surface area contributed by atoms with E-state index in [4.69, 9.17) is 4.74 Å². The zero-order valence-corrected chi connectivity index (χ0v) is 11.1. The molecule has 1 rings (SSSR count). The van der Waals surface area contributed by atoms with Crippen molar-refractivity contribution in [1.29, 1.82) is 0 Å². The van der Waals surface area contributed by atoms with Gasteiger partial charge in [0.05, 0.1) is 13.5 Å². The van der Waals surface area contributed by atoms with Crippen LogP contribution in [0.4, 0.5) is 0 Å². The zero-order valence-electron chi connectivity index (χ0n) is 11.1. The van der Waals surface area contributed by atoms with Crippen LogP contribution in [0.5, 0.6) is 5.75 Å². The Hall–Kier alpha value is -1.51. The number of carbonyl (C=O) groups excluding carboxylic acids is 1. The Labute approximate surface area is 103 Å². The quantitative estimate of drug-likeness (QED) is 0.784. The molecule has 0 saturated heterocycles. The molecule has 0 bridgehead atoms. The number of rotatable bonds is 5. The van der Waals surface area contributed by atoms with E-state index in [1.54, 1.807) is 12.0 Å². The summed E-state index contributed by atoms with van der Waals surface area (Å²) in [4.78, 5) is 13.8. The van der Waals surface area contributed by atoms with E-state index in [-0.39, 0.29) is 5.91 Å². The summed E-state index contributed by atoms with van der Waals surface area (Å²) in [5.74, 6) is 1.39. The van der Waals surface area contributed by atoms with Crippen LogP contribution in [0.25, 0.3) is 0 Å². The summed E-state index contributed by atoms with van der Waals surface area (Å²) in [6, 6.07) is 7.64. The third-order valence-electron chi connectivity index (χ3n) is 2.60. The summed E-state index contributed by atoms with van der Waals surface area (Å²) in [7, 11) is 3.47. The van der Waals surface area contributed by atoms with Crippen molar-refractivity contribution in [2.45, 2.75) is 20.3 Å². The number of ether oxygens (including phenoxy) is 1. The maximum atomic E-state index is 12.0. The van der Waals surface area contributed by atoms with E-state index in [9.17, 15) is 4.79 Å². The molecule has 94 valence electrons. The summed E-state index contributed by atoms with van der Waals surface area (Å²) in [6.45, 7) is 4.99. The number of para-hydroxylation sites is 1. The Kier molecular flexibility index (Phi) is 5.01. The fraction of sp³-hybridized carbons (Fsp3) is 0.500. The van der Waals surface area contributed by atoms with Crippen LogP contribution < -0.4 is 4.74 Å². The van der Waals surface area contributed by atoms with Gasteiger partial charge in [0.1, 0.15) is 5.75 Å². The van der Waals surface area contributed by atoms with E-state index in [0.29, 0.717) is 12.3 Å². The van der Waals surface area contributed by atoms with Gasteiger partial charge in [-0.05, 0) is 12.0 Å². The molecule has 0 aromatic heterocycles. The number of benzene rings is 1. The van der Waals surface area contributed by atoms with Crippen LogP contribution in [-0.4, -0.2) is 31.5 Å². The van der Waals surface area contributed by atoms with Gasteiger partial charge in [-0.1, -0.05) is 32.0 Å². The van der Waals surface area contributed by atoms with E-state index < -0.39 is 0 Å². The van der Waals surface area contributed by atoms with Crippen molar-refractivity contribution >= 4 is 5.91 Å². The molecule has 0 fully saturated rings. The lowest BCUT2D eigenvalue weighted by atomic mass is 10.1. The van der Waals surface area contributed by atoms with E-state index in [1.807, 2.05) is 31.3 Å². The first-order valence-corrected chi connectivity index (χ1v) is 5.90. The van der Waals surface area contributed by atoms with Gasteiger partial charge in [0.2, 0.25) is 5.91 Å². The van der Waals surface area contributed by atoms with Crippen LogP contribution in [0, 0.1) is 5.92 Å². The topological polar surface area (TPSA) is 29.5 Å². The van der Waals surface area contributed by atoms with Gasteiger partial charge in [0, 0.05) is 19.2 Å². The lowest BCUT2D eigenvalue weighted by Gasteiger charge is -2.19. The highest BCUT2D eigenvalue weighted by molar-refractivity contribution is 5.79. The third kappa shape index (κ3) is 4.10. The maximum absolute atomic E-state index is 12.0. The van der Waals surface area contributed by atoms with Crippen molar-refractivity contribution in [1.82, 2.24) is 4.90 Å². The number of amides is 1. The Bertz CT molecular complexity index is 374. The average molecular weight is 235 g/mol. The normalized spacial score (nSPS) is 10.4. The molecular weight excluding hydrogens is 214 g/mol. The van der Waals surface area contributed by atoms with Gasteiger partial charge in [-0.25, -0.2) is 0 Å². The van der Waals surface area contributed by atoms with Crippen molar-refractivity contribution in [3.63, 3.8) is 0 Å². The molecule has 0 aliphatic rings. The van der Waals surface area contributed by atoms with Gasteiger partial charge >= 0.3 is 0 Å². The molecule has 0 spiro atoms. The second kappa shape index (κ2) is 6.28. The van der Waals surface area contributed by atoms with Gasteiger partial charge in [-0.15, -0.1) is 0 Å². The summed E-state index contributed by atoms with van der Waals surface area (Å²) in [5.41, 5.74) is 0.940. The van der Waals surface area contributed by atoms with Crippen molar-refractivity contribution in [2.24, 2.45) is 5.92 Å². The molecule has 3 heteroatoms. The van der Waals surface area contributed by atoms with Crippen LogP contribution in [0.2, 0.25) is 0 Å². The minimum Gasteiger partial charge on any atom is -0.496 e. The monoisotopic (exact) mass is 235 g/mol. The molecule has 0 unspecified atom stereocenters. The molecule has 1 amide bonds. The standard InChI is InChI=1S/C14H21NO2/c1-11(2)10-15(3)14(16)9-12-7-5-6-8-13(12)17-4/h5-8,11H,9-10H2,1-4H3. The molecule has 0 radical (unpaired) electrons. The smallest absolute Gasteiger partial charge is 0.226 e. The number of hydrogen-bond acceptors (Lipinski definition) is 2. The molecular formula is C14H21NO2. The van der Waals surface area contributed by atoms with E-state index in [2.05, 4.69) is 13.8 Å². The fourth-order valence-corrected chi connectivity index (χ4v) is 1.80.